The standard InChI is InChI=1S/C7H11BrN2O2S2/c1-9-4-5-3-6(7(8)13-5)14(11,12)10-2/h3,9-10H,4H2,1-2H3. The van der Waals surface area contributed by atoms with Crippen molar-refractivity contribution in [3.05, 3.63) is 14.7 Å². The van der Waals surface area contributed by atoms with Crippen molar-refractivity contribution in [1.82, 2.24) is 10.0 Å². The molecule has 80 valence electrons. The van der Waals surface area contributed by atoms with Gasteiger partial charge >= 0.3 is 0 Å². The van der Waals surface area contributed by atoms with Gasteiger partial charge in [-0.2, -0.15) is 0 Å². The van der Waals surface area contributed by atoms with Gasteiger partial charge in [0, 0.05) is 11.4 Å². The minimum atomic E-state index is -3.34. The van der Waals surface area contributed by atoms with Crippen LogP contribution in [-0.4, -0.2) is 22.5 Å². The van der Waals surface area contributed by atoms with Crippen molar-refractivity contribution < 1.29 is 8.42 Å². The van der Waals surface area contributed by atoms with Crippen molar-refractivity contribution >= 4 is 37.3 Å². The fourth-order valence-electron chi connectivity index (χ4n) is 0.952. The van der Waals surface area contributed by atoms with Crippen LogP contribution in [0.25, 0.3) is 0 Å². The lowest BCUT2D eigenvalue weighted by atomic mass is 10.5. The average Bonchev–Trinajstić information content (AvgIpc) is 2.48. The van der Waals surface area contributed by atoms with Crippen molar-refractivity contribution in [3.63, 3.8) is 0 Å². The maximum atomic E-state index is 11.5. The zero-order chi connectivity index (χ0) is 10.8. The summed E-state index contributed by atoms with van der Waals surface area (Å²) in [7, 11) is -0.121. The van der Waals surface area contributed by atoms with Crippen LogP contribution in [0.2, 0.25) is 0 Å². The van der Waals surface area contributed by atoms with Crippen molar-refractivity contribution in [2.45, 2.75) is 11.4 Å². The summed E-state index contributed by atoms with van der Waals surface area (Å²) in [6.07, 6.45) is 0. The molecule has 0 aliphatic rings. The first-order valence-corrected chi connectivity index (χ1v) is 6.97. The number of hydrogen-bond donors (Lipinski definition) is 2. The lowest BCUT2D eigenvalue weighted by molar-refractivity contribution is 0.588. The van der Waals surface area contributed by atoms with Gasteiger partial charge in [0.1, 0.15) is 4.90 Å². The second kappa shape index (κ2) is 4.71. The van der Waals surface area contributed by atoms with Crippen LogP contribution >= 0.6 is 27.3 Å². The summed E-state index contributed by atoms with van der Waals surface area (Å²) in [5, 5.41) is 2.97. The molecule has 0 aromatic carbocycles. The first-order valence-electron chi connectivity index (χ1n) is 3.87. The molecule has 0 atom stereocenters. The highest BCUT2D eigenvalue weighted by Crippen LogP contribution is 2.31. The number of thiophene rings is 1. The summed E-state index contributed by atoms with van der Waals surface area (Å²) in [5.74, 6) is 0. The Morgan fingerprint density at radius 1 is 1.50 bits per heavy atom. The molecular formula is C7H11BrN2O2S2. The monoisotopic (exact) mass is 298 g/mol. The van der Waals surface area contributed by atoms with Gasteiger partial charge < -0.3 is 5.32 Å². The van der Waals surface area contributed by atoms with Gasteiger partial charge in [-0.3, -0.25) is 0 Å². The Hall–Kier alpha value is 0.0500. The molecule has 4 nitrogen and oxygen atoms in total. The zero-order valence-electron chi connectivity index (χ0n) is 7.80. The SMILES string of the molecule is CNCc1cc(S(=O)(=O)NC)c(Br)s1. The molecule has 0 saturated carbocycles. The summed E-state index contributed by atoms with van der Waals surface area (Å²) in [6.45, 7) is 0.669. The van der Waals surface area contributed by atoms with Gasteiger partial charge in [-0.15, -0.1) is 11.3 Å². The molecule has 0 radical (unpaired) electrons. The first kappa shape index (κ1) is 12.1. The quantitative estimate of drug-likeness (QED) is 0.876. The molecule has 1 rings (SSSR count). The van der Waals surface area contributed by atoms with E-state index in [1.54, 1.807) is 6.07 Å². The van der Waals surface area contributed by atoms with Gasteiger partial charge in [-0.25, -0.2) is 13.1 Å². The second-order valence-electron chi connectivity index (χ2n) is 2.59. The molecule has 0 bridgehead atoms. The summed E-state index contributed by atoms with van der Waals surface area (Å²) in [6, 6.07) is 1.66. The zero-order valence-corrected chi connectivity index (χ0v) is 11.0. The van der Waals surface area contributed by atoms with Crippen molar-refractivity contribution in [1.29, 1.82) is 0 Å². The fraction of sp³-hybridized carbons (Fsp3) is 0.429. The van der Waals surface area contributed by atoms with Crippen LogP contribution in [0.3, 0.4) is 0 Å². The van der Waals surface area contributed by atoms with E-state index in [0.717, 1.165) is 4.88 Å². The summed E-state index contributed by atoms with van der Waals surface area (Å²) in [5.41, 5.74) is 0. The van der Waals surface area contributed by atoms with Gasteiger partial charge in [0.2, 0.25) is 10.0 Å². The predicted octanol–water partition coefficient (Wildman–Crippen LogP) is 1.14. The van der Waals surface area contributed by atoms with Crippen LogP contribution in [0.4, 0.5) is 0 Å². The van der Waals surface area contributed by atoms with Crippen LogP contribution in [0.15, 0.2) is 14.7 Å². The normalized spacial score (nSPS) is 11.9. The van der Waals surface area contributed by atoms with E-state index in [1.165, 1.54) is 18.4 Å². The molecule has 0 unspecified atom stereocenters. The Bertz CT molecular complexity index is 413. The Balaban J connectivity index is 3.11. The molecule has 0 fully saturated rings. The third-order valence-corrected chi connectivity index (χ3v) is 5.28. The Morgan fingerprint density at radius 3 is 2.64 bits per heavy atom. The highest BCUT2D eigenvalue weighted by molar-refractivity contribution is 9.11. The van der Waals surface area contributed by atoms with Crippen LogP contribution in [-0.2, 0) is 16.6 Å². The van der Waals surface area contributed by atoms with Crippen LogP contribution in [0.5, 0.6) is 0 Å². The number of nitrogens with one attached hydrogen (secondary N) is 2. The molecule has 1 aromatic heterocycles. The summed E-state index contributed by atoms with van der Waals surface area (Å²) in [4.78, 5) is 1.28. The highest BCUT2D eigenvalue weighted by Gasteiger charge is 2.18. The predicted molar refractivity (Wildman–Crippen MR) is 61.0 cm³/mol. The minimum Gasteiger partial charge on any atom is -0.315 e. The second-order valence-corrected chi connectivity index (χ2v) is 6.90. The molecule has 7 heteroatoms. The first-order chi connectivity index (χ1) is 6.51. The topological polar surface area (TPSA) is 58.2 Å². The fourth-order valence-corrected chi connectivity index (χ4v) is 4.37. The van der Waals surface area contributed by atoms with E-state index >= 15 is 0 Å². The van der Waals surface area contributed by atoms with E-state index < -0.39 is 10.0 Å². The summed E-state index contributed by atoms with van der Waals surface area (Å²) < 4.78 is 25.9. The smallest absolute Gasteiger partial charge is 0.242 e. The molecule has 1 heterocycles. The molecule has 14 heavy (non-hydrogen) atoms. The number of hydrogen-bond acceptors (Lipinski definition) is 4. The Kier molecular flexibility index (Phi) is 4.08. The van der Waals surface area contributed by atoms with E-state index in [2.05, 4.69) is 26.0 Å². The van der Waals surface area contributed by atoms with E-state index in [0.29, 0.717) is 15.2 Å². The summed E-state index contributed by atoms with van der Waals surface area (Å²) >= 11 is 4.65. The molecule has 2 N–H and O–H groups in total. The van der Waals surface area contributed by atoms with Gasteiger partial charge in [0.25, 0.3) is 0 Å². The van der Waals surface area contributed by atoms with Crippen LogP contribution < -0.4 is 10.0 Å². The number of halogens is 1. The van der Waals surface area contributed by atoms with Crippen molar-refractivity contribution in [2.75, 3.05) is 14.1 Å². The number of rotatable bonds is 4. The lowest BCUT2D eigenvalue weighted by Gasteiger charge is -1.98. The third-order valence-electron chi connectivity index (χ3n) is 1.62. The van der Waals surface area contributed by atoms with Gasteiger partial charge in [-0.05, 0) is 36.1 Å². The van der Waals surface area contributed by atoms with Crippen LogP contribution in [0, 0.1) is 0 Å². The molecule has 0 saturated heterocycles. The molecule has 0 spiro atoms. The molecule has 0 aliphatic heterocycles. The third kappa shape index (κ3) is 2.54. The van der Waals surface area contributed by atoms with E-state index in [1.807, 2.05) is 7.05 Å². The highest BCUT2D eigenvalue weighted by atomic mass is 79.9. The van der Waals surface area contributed by atoms with Gasteiger partial charge in [0.15, 0.2) is 0 Å². The minimum absolute atomic E-state index is 0.301. The maximum absolute atomic E-state index is 11.5. The molecule has 0 aliphatic carbocycles. The van der Waals surface area contributed by atoms with Gasteiger partial charge in [-0.1, -0.05) is 0 Å². The Morgan fingerprint density at radius 2 is 2.14 bits per heavy atom. The number of sulfonamides is 1. The van der Waals surface area contributed by atoms with Crippen LogP contribution in [0.1, 0.15) is 4.88 Å². The lowest BCUT2D eigenvalue weighted by Crippen LogP contribution is -2.18. The molecule has 1 aromatic rings. The van der Waals surface area contributed by atoms with E-state index in [-0.39, 0.29) is 0 Å². The largest absolute Gasteiger partial charge is 0.315 e. The van der Waals surface area contributed by atoms with Crippen molar-refractivity contribution in [2.24, 2.45) is 0 Å². The Labute approximate surface area is 95.9 Å². The average molecular weight is 299 g/mol. The van der Waals surface area contributed by atoms with E-state index in [4.69, 9.17) is 0 Å². The maximum Gasteiger partial charge on any atom is 0.242 e. The molecular weight excluding hydrogens is 288 g/mol. The van der Waals surface area contributed by atoms with Crippen molar-refractivity contribution in [3.8, 4) is 0 Å². The van der Waals surface area contributed by atoms with E-state index in [9.17, 15) is 8.42 Å². The van der Waals surface area contributed by atoms with Gasteiger partial charge in [0.05, 0.1) is 3.79 Å². The molecule has 0 amide bonds.